The van der Waals surface area contributed by atoms with Crippen LogP contribution in [0.2, 0.25) is 0 Å². The van der Waals surface area contributed by atoms with Crippen LogP contribution in [0.5, 0.6) is 0 Å². The van der Waals surface area contributed by atoms with E-state index in [2.05, 4.69) is 10.4 Å². The molecule has 0 aromatic rings. The quantitative estimate of drug-likeness (QED) is 0.291. The van der Waals surface area contributed by atoms with E-state index in [4.69, 9.17) is 9.79 Å². The standard InChI is InChI=1S/CH5N2O5P/c2-1(4)3-8-9(5,6)7/h(H3,2,3,4)(H2,5,6,7). The van der Waals surface area contributed by atoms with Gasteiger partial charge < -0.3 is 15.5 Å². The number of nitrogens with two attached hydrogens (primary N) is 1. The third kappa shape index (κ3) is 7.38. The fourth-order valence-electron chi connectivity index (χ4n) is 0.104. The molecule has 0 saturated carbocycles. The molecule has 0 rings (SSSR count). The van der Waals surface area contributed by atoms with Crippen LogP contribution in [0.4, 0.5) is 4.79 Å². The Morgan fingerprint density at radius 1 is 1.67 bits per heavy atom. The van der Waals surface area contributed by atoms with Crippen LogP contribution in [0.15, 0.2) is 0 Å². The van der Waals surface area contributed by atoms with Crippen LogP contribution in [0.3, 0.4) is 0 Å². The van der Waals surface area contributed by atoms with Gasteiger partial charge in [0.1, 0.15) is 0 Å². The predicted molar refractivity (Wildman–Crippen MR) is 25.8 cm³/mol. The molecule has 9 heavy (non-hydrogen) atoms. The fraction of sp³-hybridized carbons (Fsp3) is 0. The molecule has 7 nitrogen and oxygen atoms in total. The molecular formula is CH5N2O5P. The van der Waals surface area contributed by atoms with Gasteiger partial charge >= 0.3 is 13.9 Å². The summed E-state index contributed by atoms with van der Waals surface area (Å²) >= 11 is 0. The lowest BCUT2D eigenvalue weighted by Crippen LogP contribution is -2.28. The normalized spacial score (nSPS) is 10.9. The molecule has 0 aromatic carbocycles. The van der Waals surface area contributed by atoms with Gasteiger partial charge in [-0.3, -0.25) is 0 Å². The number of carbonyl (C=O) groups excluding carboxylic acids is 1. The first kappa shape index (κ1) is 8.38. The van der Waals surface area contributed by atoms with Crippen LogP contribution < -0.4 is 11.2 Å². The summed E-state index contributed by atoms with van der Waals surface area (Å²) in [5, 5.41) is 0. The van der Waals surface area contributed by atoms with E-state index in [1.54, 1.807) is 0 Å². The number of hydrogen-bond donors (Lipinski definition) is 4. The molecule has 8 heteroatoms. The molecule has 0 unspecified atom stereocenters. The lowest BCUT2D eigenvalue weighted by molar-refractivity contribution is 0.135. The molecule has 0 aliphatic heterocycles. The highest BCUT2D eigenvalue weighted by atomic mass is 31.2. The Labute approximate surface area is 50.0 Å². The third-order valence-corrected chi connectivity index (χ3v) is 0.594. The highest BCUT2D eigenvalue weighted by molar-refractivity contribution is 7.46. The van der Waals surface area contributed by atoms with Crippen molar-refractivity contribution in [2.45, 2.75) is 0 Å². The van der Waals surface area contributed by atoms with Gasteiger partial charge in [-0.25, -0.2) is 14.8 Å². The topological polar surface area (TPSA) is 122 Å². The summed E-state index contributed by atoms with van der Waals surface area (Å²) in [6, 6.07) is -1.17. The van der Waals surface area contributed by atoms with E-state index in [0.29, 0.717) is 0 Å². The maximum Gasteiger partial charge on any atom is 0.491 e. The number of rotatable bonds is 2. The van der Waals surface area contributed by atoms with Gasteiger partial charge in [0.25, 0.3) is 0 Å². The number of amides is 2. The van der Waals surface area contributed by atoms with Crippen molar-refractivity contribution in [1.82, 2.24) is 5.48 Å². The minimum Gasteiger partial charge on any atom is -0.350 e. The summed E-state index contributed by atoms with van der Waals surface area (Å²) in [6.07, 6.45) is 0. The number of hydrogen-bond acceptors (Lipinski definition) is 3. The Kier molecular flexibility index (Phi) is 2.60. The van der Waals surface area contributed by atoms with Crippen molar-refractivity contribution in [1.29, 1.82) is 0 Å². The first-order valence-electron chi connectivity index (χ1n) is 1.71. The minimum absolute atomic E-state index is 1.17. The van der Waals surface area contributed by atoms with E-state index in [1.165, 1.54) is 5.48 Å². The molecule has 5 N–H and O–H groups in total. The van der Waals surface area contributed by atoms with Gasteiger partial charge in [-0.15, -0.1) is 0 Å². The zero-order valence-corrected chi connectivity index (χ0v) is 5.04. The summed E-state index contributed by atoms with van der Waals surface area (Å²) in [6.45, 7) is 0. The van der Waals surface area contributed by atoms with Gasteiger partial charge in [0, 0.05) is 0 Å². The number of primary amides is 1. The number of hydroxylamine groups is 1. The fourth-order valence-corrected chi connectivity index (χ4v) is 0.313. The Bertz CT molecular complexity index is 149. The zero-order valence-electron chi connectivity index (χ0n) is 4.14. The maximum absolute atomic E-state index is 9.74. The van der Waals surface area contributed by atoms with Crippen molar-refractivity contribution in [2.24, 2.45) is 5.73 Å². The maximum atomic E-state index is 9.74. The van der Waals surface area contributed by atoms with Crippen LogP contribution in [-0.4, -0.2) is 15.8 Å². The van der Waals surface area contributed by atoms with E-state index < -0.39 is 13.9 Å². The second kappa shape index (κ2) is 2.79. The number of phosphoric acid groups is 1. The average Bonchev–Trinajstić information content (AvgIpc) is 1.59. The highest BCUT2D eigenvalue weighted by Crippen LogP contribution is 2.33. The molecule has 0 bridgehead atoms. The van der Waals surface area contributed by atoms with Crippen molar-refractivity contribution in [3.8, 4) is 0 Å². The molecule has 54 valence electrons. The van der Waals surface area contributed by atoms with Crippen LogP contribution in [-0.2, 0) is 9.19 Å². The number of nitrogens with one attached hydrogen (secondary N) is 1. The first-order valence-corrected chi connectivity index (χ1v) is 3.24. The molecule has 0 atom stereocenters. The number of carbonyl (C=O) groups is 1. The highest BCUT2D eigenvalue weighted by Gasteiger charge is 2.14. The molecular weight excluding hydrogens is 151 g/mol. The monoisotopic (exact) mass is 156 g/mol. The smallest absolute Gasteiger partial charge is 0.350 e. The van der Waals surface area contributed by atoms with Crippen LogP contribution in [0.25, 0.3) is 0 Å². The predicted octanol–water partition coefficient (Wildman–Crippen LogP) is -1.32. The molecule has 0 spiro atoms. The van der Waals surface area contributed by atoms with Gasteiger partial charge in [0.2, 0.25) is 0 Å². The van der Waals surface area contributed by atoms with Gasteiger partial charge in [0.15, 0.2) is 0 Å². The van der Waals surface area contributed by atoms with Crippen molar-refractivity contribution in [3.63, 3.8) is 0 Å². The summed E-state index contributed by atoms with van der Waals surface area (Å²) < 4.78 is 13.2. The van der Waals surface area contributed by atoms with Gasteiger partial charge in [0.05, 0.1) is 0 Å². The molecule has 0 radical (unpaired) electrons. The van der Waals surface area contributed by atoms with Crippen molar-refractivity contribution >= 4 is 13.9 Å². The van der Waals surface area contributed by atoms with Crippen LogP contribution in [0, 0.1) is 0 Å². The Morgan fingerprint density at radius 2 is 2.11 bits per heavy atom. The number of urea groups is 1. The molecule has 0 fully saturated rings. The van der Waals surface area contributed by atoms with E-state index in [1.807, 2.05) is 0 Å². The van der Waals surface area contributed by atoms with Crippen LogP contribution >= 0.6 is 7.82 Å². The molecule has 0 heterocycles. The van der Waals surface area contributed by atoms with E-state index >= 15 is 0 Å². The van der Waals surface area contributed by atoms with Crippen molar-refractivity contribution in [2.75, 3.05) is 0 Å². The van der Waals surface area contributed by atoms with Gasteiger partial charge in [-0.1, -0.05) is 0 Å². The average molecular weight is 156 g/mol. The molecule has 0 aliphatic rings. The minimum atomic E-state index is -4.63. The second-order valence-electron chi connectivity index (χ2n) is 1.05. The first-order chi connectivity index (χ1) is 3.92. The molecule has 2 amide bonds. The van der Waals surface area contributed by atoms with E-state index in [9.17, 15) is 9.36 Å². The Balaban J connectivity index is 3.53. The van der Waals surface area contributed by atoms with Gasteiger partial charge in [-0.2, -0.15) is 4.62 Å². The zero-order chi connectivity index (χ0) is 7.49. The largest absolute Gasteiger partial charge is 0.491 e. The Hall–Kier alpha value is -0.620. The van der Waals surface area contributed by atoms with E-state index in [-0.39, 0.29) is 0 Å². The lowest BCUT2D eigenvalue weighted by Gasteiger charge is -2.01. The molecule has 0 aliphatic carbocycles. The third-order valence-electron chi connectivity index (χ3n) is 0.265. The SMILES string of the molecule is NC(=O)NOP(=O)(O)O. The Morgan fingerprint density at radius 3 is 2.22 bits per heavy atom. The van der Waals surface area contributed by atoms with E-state index in [0.717, 1.165) is 0 Å². The van der Waals surface area contributed by atoms with Crippen molar-refractivity contribution in [3.05, 3.63) is 0 Å². The second-order valence-corrected chi connectivity index (χ2v) is 2.21. The summed E-state index contributed by atoms with van der Waals surface area (Å²) in [7, 11) is -4.63. The van der Waals surface area contributed by atoms with Gasteiger partial charge in [-0.05, 0) is 0 Å². The summed E-state index contributed by atoms with van der Waals surface area (Å²) in [5.41, 5.74) is 5.64. The van der Waals surface area contributed by atoms with Crippen molar-refractivity contribution < 1.29 is 23.8 Å². The summed E-state index contributed by atoms with van der Waals surface area (Å²) in [5.74, 6) is 0. The van der Waals surface area contributed by atoms with Crippen LogP contribution in [0.1, 0.15) is 0 Å². The molecule has 0 aromatic heterocycles. The summed E-state index contributed by atoms with van der Waals surface area (Å²) in [4.78, 5) is 25.5. The lowest BCUT2D eigenvalue weighted by atomic mass is 11.2. The molecule has 0 saturated heterocycles.